The summed E-state index contributed by atoms with van der Waals surface area (Å²) in [4.78, 5) is 21.6. The third kappa shape index (κ3) is 3.01. The summed E-state index contributed by atoms with van der Waals surface area (Å²) in [5.41, 5.74) is -1.35. The Hall–Kier alpha value is -1.46. The Morgan fingerprint density at radius 3 is 1.81 bits per heavy atom. The van der Waals surface area contributed by atoms with Crippen LogP contribution in [-0.2, 0) is 9.59 Å². The number of rotatable bonds is 6. The summed E-state index contributed by atoms with van der Waals surface area (Å²) in [6, 6.07) is 0. The van der Waals surface area contributed by atoms with E-state index in [1.807, 2.05) is 0 Å². The zero-order valence-electron chi connectivity index (χ0n) is 9.97. The smallest absolute Gasteiger partial charge is 0.334 e. The molecule has 0 aliphatic rings. The number of aliphatic carboxylic acids is 2. The van der Waals surface area contributed by atoms with Gasteiger partial charge in [-0.25, -0.2) is 4.79 Å². The van der Waals surface area contributed by atoms with Crippen molar-refractivity contribution in [3.05, 3.63) is 0 Å². The maximum Gasteiger partial charge on any atom is 0.334 e. The Labute approximate surface area is 94.4 Å². The third-order valence-corrected chi connectivity index (χ3v) is 2.55. The Balaban J connectivity index is 5.13. The molecule has 0 amide bonds. The van der Waals surface area contributed by atoms with Crippen molar-refractivity contribution in [2.24, 2.45) is 22.1 Å². The molecule has 0 unspecified atom stereocenters. The van der Waals surface area contributed by atoms with Crippen molar-refractivity contribution in [2.75, 3.05) is 6.54 Å². The fraction of sp³-hybridized carbons (Fsp3) is 0.800. The van der Waals surface area contributed by atoms with Gasteiger partial charge in [0, 0.05) is 0 Å². The molecule has 0 aromatic rings. The van der Waals surface area contributed by atoms with Gasteiger partial charge in [0.05, 0.1) is 0 Å². The van der Waals surface area contributed by atoms with Gasteiger partial charge in [-0.3, -0.25) is 4.79 Å². The Kier molecular flexibility index (Phi) is 5.07. The summed E-state index contributed by atoms with van der Waals surface area (Å²) < 4.78 is 0. The van der Waals surface area contributed by atoms with Crippen molar-refractivity contribution < 1.29 is 19.8 Å². The lowest BCUT2D eigenvalue weighted by Crippen LogP contribution is -2.46. The van der Waals surface area contributed by atoms with Crippen molar-refractivity contribution in [1.29, 1.82) is 0 Å². The van der Waals surface area contributed by atoms with E-state index in [9.17, 15) is 14.7 Å². The molecule has 6 heteroatoms. The Morgan fingerprint density at radius 1 is 1.12 bits per heavy atom. The molecule has 0 saturated heterocycles. The minimum absolute atomic E-state index is 0.262. The zero-order valence-corrected chi connectivity index (χ0v) is 9.97. The number of carboxylic acids is 2. The number of carboxylic acid groups (broad SMARTS) is 2. The monoisotopic (exact) mass is 230 g/mol. The van der Waals surface area contributed by atoms with Gasteiger partial charge in [0.15, 0.2) is 12.1 Å². The molecule has 0 aliphatic heterocycles. The molecule has 6 nitrogen and oxygen atoms in total. The van der Waals surface area contributed by atoms with Crippen LogP contribution in [0.1, 0.15) is 27.7 Å². The van der Waals surface area contributed by atoms with Crippen LogP contribution < -0.4 is 0 Å². The van der Waals surface area contributed by atoms with Crippen LogP contribution in [0.5, 0.6) is 0 Å². The average molecular weight is 230 g/mol. The second kappa shape index (κ2) is 5.58. The second-order valence-corrected chi connectivity index (χ2v) is 4.23. The fourth-order valence-electron chi connectivity index (χ4n) is 1.65. The largest absolute Gasteiger partial charge is 0.480 e. The van der Waals surface area contributed by atoms with Gasteiger partial charge in [0.2, 0.25) is 0 Å². The minimum atomic E-state index is -1.35. The molecule has 92 valence electrons. The molecule has 0 aromatic carbocycles. The van der Waals surface area contributed by atoms with E-state index in [0.29, 0.717) is 0 Å². The van der Waals surface area contributed by atoms with Crippen molar-refractivity contribution in [3.63, 3.8) is 0 Å². The predicted octanol–water partition coefficient (Wildman–Crippen LogP) is 1.66. The lowest BCUT2D eigenvalue weighted by Gasteiger charge is -2.31. The normalized spacial score (nSPS) is 12.6. The quantitative estimate of drug-likeness (QED) is 0.677. The summed E-state index contributed by atoms with van der Waals surface area (Å²) in [6.07, 6.45) is 0. The summed E-state index contributed by atoms with van der Waals surface area (Å²) in [6.45, 7) is 6.41. The molecule has 0 heterocycles. The molecule has 0 fully saturated rings. The summed E-state index contributed by atoms with van der Waals surface area (Å²) in [5.74, 6) is -2.73. The molecule has 0 atom stereocenters. The van der Waals surface area contributed by atoms with E-state index in [-0.39, 0.29) is 11.8 Å². The van der Waals surface area contributed by atoms with E-state index >= 15 is 0 Å². The number of hydrogen-bond acceptors (Lipinski definition) is 4. The van der Waals surface area contributed by atoms with Crippen LogP contribution in [0.2, 0.25) is 0 Å². The van der Waals surface area contributed by atoms with Crippen molar-refractivity contribution in [2.45, 2.75) is 33.2 Å². The highest BCUT2D eigenvalue weighted by Crippen LogP contribution is 2.31. The molecule has 0 spiro atoms. The number of nitrogens with zero attached hydrogens (tertiary/aromatic N) is 2. The first-order chi connectivity index (χ1) is 7.25. The fourth-order valence-corrected chi connectivity index (χ4v) is 1.65. The molecule has 0 bridgehead atoms. The van der Waals surface area contributed by atoms with Gasteiger partial charge in [-0.2, -0.15) is 10.2 Å². The maximum atomic E-state index is 11.3. The first-order valence-corrected chi connectivity index (χ1v) is 5.09. The van der Waals surface area contributed by atoms with Gasteiger partial charge >= 0.3 is 11.9 Å². The van der Waals surface area contributed by atoms with Crippen LogP contribution in [0.25, 0.3) is 0 Å². The molecular formula is C10H18N2O4. The van der Waals surface area contributed by atoms with Gasteiger partial charge in [0.1, 0.15) is 0 Å². The van der Waals surface area contributed by atoms with Crippen molar-refractivity contribution in [1.82, 2.24) is 0 Å². The lowest BCUT2D eigenvalue weighted by atomic mass is 9.78. The van der Waals surface area contributed by atoms with E-state index in [4.69, 9.17) is 5.11 Å². The van der Waals surface area contributed by atoms with E-state index in [2.05, 4.69) is 10.2 Å². The van der Waals surface area contributed by atoms with Crippen LogP contribution in [0, 0.1) is 11.8 Å². The maximum absolute atomic E-state index is 11.3. The van der Waals surface area contributed by atoms with E-state index < -0.39 is 24.0 Å². The van der Waals surface area contributed by atoms with Crippen molar-refractivity contribution in [3.8, 4) is 0 Å². The minimum Gasteiger partial charge on any atom is -0.480 e. The van der Waals surface area contributed by atoms with E-state index in [1.54, 1.807) is 27.7 Å². The van der Waals surface area contributed by atoms with E-state index in [0.717, 1.165) is 0 Å². The molecule has 0 radical (unpaired) electrons. The highest BCUT2D eigenvalue weighted by Gasteiger charge is 2.45. The van der Waals surface area contributed by atoms with Gasteiger partial charge in [-0.15, -0.1) is 0 Å². The topological polar surface area (TPSA) is 99.3 Å². The number of hydrogen-bond donors (Lipinski definition) is 2. The van der Waals surface area contributed by atoms with Crippen LogP contribution in [-0.4, -0.2) is 34.2 Å². The Morgan fingerprint density at radius 2 is 1.56 bits per heavy atom. The third-order valence-electron chi connectivity index (χ3n) is 2.55. The second-order valence-electron chi connectivity index (χ2n) is 4.23. The van der Waals surface area contributed by atoms with Gasteiger partial charge < -0.3 is 10.2 Å². The molecule has 0 aliphatic carbocycles. The molecule has 0 saturated carbocycles. The predicted molar refractivity (Wildman–Crippen MR) is 57.4 cm³/mol. The highest BCUT2D eigenvalue weighted by atomic mass is 16.4. The molecule has 0 rings (SSSR count). The molecule has 0 aromatic heterocycles. The van der Waals surface area contributed by atoms with Crippen LogP contribution in [0.4, 0.5) is 0 Å². The summed E-state index contributed by atoms with van der Waals surface area (Å²) in [7, 11) is 0. The SMILES string of the molecule is CC(C)C(/N=N/CC(=O)O)(C(=O)O)C(C)C. The zero-order chi connectivity index (χ0) is 12.9. The summed E-state index contributed by atoms with van der Waals surface area (Å²) in [5, 5.41) is 24.8. The van der Waals surface area contributed by atoms with Crippen LogP contribution in [0.3, 0.4) is 0 Å². The first-order valence-electron chi connectivity index (χ1n) is 5.09. The van der Waals surface area contributed by atoms with Gasteiger partial charge in [0.25, 0.3) is 0 Å². The van der Waals surface area contributed by atoms with Crippen LogP contribution >= 0.6 is 0 Å². The molecule has 2 N–H and O–H groups in total. The Bertz CT molecular complexity index is 289. The number of azo groups is 1. The average Bonchev–Trinajstić information content (AvgIpc) is 2.09. The van der Waals surface area contributed by atoms with Gasteiger partial charge in [-0.05, 0) is 11.8 Å². The van der Waals surface area contributed by atoms with Crippen LogP contribution in [0.15, 0.2) is 10.2 Å². The standard InChI is InChI=1S/C10H18N2O4/c1-6(2)10(7(3)4,9(15)16)12-11-5-8(13)14/h6-7H,5H2,1-4H3,(H,13,14)(H,15,16)/b12-11+. The lowest BCUT2D eigenvalue weighted by molar-refractivity contribution is -0.147. The van der Waals surface area contributed by atoms with Crippen molar-refractivity contribution >= 4 is 11.9 Å². The number of carbonyl (C=O) groups is 2. The molecular weight excluding hydrogens is 212 g/mol. The first kappa shape index (κ1) is 14.5. The summed E-state index contributed by atoms with van der Waals surface area (Å²) >= 11 is 0. The van der Waals surface area contributed by atoms with E-state index in [1.165, 1.54) is 0 Å². The molecule has 16 heavy (non-hydrogen) atoms. The highest BCUT2D eigenvalue weighted by molar-refractivity contribution is 5.79. The van der Waals surface area contributed by atoms with Gasteiger partial charge in [-0.1, -0.05) is 27.7 Å².